The third-order valence-corrected chi connectivity index (χ3v) is 3.07. The van der Waals surface area contributed by atoms with Gasteiger partial charge in [-0.05, 0) is 24.6 Å². The number of aromatic hydroxyl groups is 1. The maximum atomic E-state index is 13.7. The average molecular weight is 276 g/mol. The van der Waals surface area contributed by atoms with Crippen LogP contribution in [0.5, 0.6) is 11.6 Å². The molecule has 1 unspecified atom stereocenters. The minimum atomic E-state index is -0.419. The van der Waals surface area contributed by atoms with Gasteiger partial charge >= 0.3 is 0 Å². The Morgan fingerprint density at radius 1 is 1.35 bits per heavy atom. The van der Waals surface area contributed by atoms with Gasteiger partial charge in [0.05, 0.1) is 7.11 Å². The van der Waals surface area contributed by atoms with Crippen molar-refractivity contribution in [1.29, 1.82) is 0 Å². The standard InChI is InChI=1S/C15H17FN2O2/c1-10(13-4-3-12(19)8-14(13)16)18-9-11-5-6-17-15(7-11)20-2/h3-8,10,18-19H,9H2,1-2H3. The highest BCUT2D eigenvalue weighted by atomic mass is 19.1. The quantitative estimate of drug-likeness (QED) is 0.881. The SMILES string of the molecule is COc1cc(CNC(C)c2ccc(O)cc2F)ccn1. The van der Waals surface area contributed by atoms with Gasteiger partial charge < -0.3 is 15.2 Å². The van der Waals surface area contributed by atoms with Crippen molar-refractivity contribution in [2.75, 3.05) is 7.11 Å². The highest BCUT2D eigenvalue weighted by Crippen LogP contribution is 2.21. The predicted octanol–water partition coefficient (Wildman–Crippen LogP) is 2.79. The van der Waals surface area contributed by atoms with Gasteiger partial charge in [-0.1, -0.05) is 6.07 Å². The first kappa shape index (κ1) is 14.3. The molecule has 0 fully saturated rings. The van der Waals surface area contributed by atoms with Crippen LogP contribution in [-0.2, 0) is 6.54 Å². The molecule has 0 spiro atoms. The number of rotatable bonds is 5. The highest BCUT2D eigenvalue weighted by molar-refractivity contribution is 5.29. The van der Waals surface area contributed by atoms with Gasteiger partial charge in [0.25, 0.3) is 0 Å². The molecule has 106 valence electrons. The predicted molar refractivity (Wildman–Crippen MR) is 74.1 cm³/mol. The van der Waals surface area contributed by atoms with E-state index in [1.165, 1.54) is 6.07 Å². The Hall–Kier alpha value is -2.14. The van der Waals surface area contributed by atoms with E-state index < -0.39 is 5.82 Å². The molecule has 1 aromatic heterocycles. The largest absolute Gasteiger partial charge is 0.508 e. The number of phenolic OH excluding ortho intramolecular Hbond substituents is 1. The number of methoxy groups -OCH3 is 1. The number of pyridine rings is 1. The van der Waals surface area contributed by atoms with E-state index >= 15 is 0 Å². The van der Waals surface area contributed by atoms with E-state index in [4.69, 9.17) is 4.74 Å². The Bertz CT molecular complexity index is 590. The number of halogens is 1. The van der Waals surface area contributed by atoms with E-state index in [0.717, 1.165) is 11.6 Å². The van der Waals surface area contributed by atoms with Crippen LogP contribution in [0.2, 0.25) is 0 Å². The summed E-state index contributed by atoms with van der Waals surface area (Å²) in [6, 6.07) is 7.70. The zero-order valence-electron chi connectivity index (χ0n) is 11.4. The minimum absolute atomic E-state index is 0.0719. The molecule has 20 heavy (non-hydrogen) atoms. The van der Waals surface area contributed by atoms with Crippen molar-refractivity contribution in [2.24, 2.45) is 0 Å². The number of aromatic nitrogens is 1. The topological polar surface area (TPSA) is 54.4 Å². The number of hydrogen-bond donors (Lipinski definition) is 2. The number of nitrogens with zero attached hydrogens (tertiary/aromatic N) is 1. The Balaban J connectivity index is 2.02. The van der Waals surface area contributed by atoms with E-state index in [0.29, 0.717) is 18.0 Å². The molecule has 1 aromatic carbocycles. The van der Waals surface area contributed by atoms with Gasteiger partial charge in [-0.25, -0.2) is 9.37 Å². The summed E-state index contributed by atoms with van der Waals surface area (Å²) in [6.45, 7) is 2.44. The lowest BCUT2D eigenvalue weighted by Crippen LogP contribution is -2.19. The molecule has 0 aliphatic rings. The summed E-state index contributed by atoms with van der Waals surface area (Å²) >= 11 is 0. The van der Waals surface area contributed by atoms with Crippen molar-refractivity contribution in [3.63, 3.8) is 0 Å². The summed E-state index contributed by atoms with van der Waals surface area (Å²) in [5.41, 5.74) is 1.52. The van der Waals surface area contributed by atoms with E-state index in [9.17, 15) is 9.50 Å². The van der Waals surface area contributed by atoms with Crippen LogP contribution in [0.15, 0.2) is 36.5 Å². The summed E-state index contributed by atoms with van der Waals surface area (Å²) in [7, 11) is 1.56. The Morgan fingerprint density at radius 2 is 2.15 bits per heavy atom. The smallest absolute Gasteiger partial charge is 0.213 e. The first-order chi connectivity index (χ1) is 9.60. The molecule has 2 aromatic rings. The average Bonchev–Trinajstić information content (AvgIpc) is 2.45. The van der Waals surface area contributed by atoms with Crippen molar-refractivity contribution in [3.8, 4) is 11.6 Å². The summed E-state index contributed by atoms with van der Waals surface area (Å²) in [5, 5.41) is 12.4. The van der Waals surface area contributed by atoms with E-state index in [1.807, 2.05) is 19.1 Å². The molecule has 2 rings (SSSR count). The van der Waals surface area contributed by atoms with Gasteiger partial charge in [-0.3, -0.25) is 0 Å². The second-order valence-corrected chi connectivity index (χ2v) is 4.51. The molecule has 0 amide bonds. The van der Waals surface area contributed by atoms with Crippen molar-refractivity contribution < 1.29 is 14.2 Å². The zero-order valence-corrected chi connectivity index (χ0v) is 11.4. The third kappa shape index (κ3) is 3.45. The molecule has 0 bridgehead atoms. The normalized spacial score (nSPS) is 12.2. The molecule has 5 heteroatoms. The monoisotopic (exact) mass is 276 g/mol. The molecule has 1 atom stereocenters. The van der Waals surface area contributed by atoms with Gasteiger partial charge in [0.15, 0.2) is 0 Å². The maximum absolute atomic E-state index is 13.7. The molecule has 0 aliphatic heterocycles. The van der Waals surface area contributed by atoms with Crippen LogP contribution in [0.3, 0.4) is 0 Å². The zero-order chi connectivity index (χ0) is 14.5. The minimum Gasteiger partial charge on any atom is -0.508 e. The van der Waals surface area contributed by atoms with Crippen LogP contribution in [-0.4, -0.2) is 17.2 Å². The number of nitrogens with one attached hydrogen (secondary N) is 1. The molecule has 0 radical (unpaired) electrons. The van der Waals surface area contributed by atoms with Gasteiger partial charge in [0.1, 0.15) is 11.6 Å². The Labute approximate surface area is 117 Å². The fourth-order valence-electron chi connectivity index (χ4n) is 1.92. The lowest BCUT2D eigenvalue weighted by atomic mass is 10.1. The highest BCUT2D eigenvalue weighted by Gasteiger charge is 2.11. The van der Waals surface area contributed by atoms with E-state index in [-0.39, 0.29) is 11.8 Å². The van der Waals surface area contributed by atoms with Crippen molar-refractivity contribution in [3.05, 3.63) is 53.5 Å². The van der Waals surface area contributed by atoms with Crippen LogP contribution in [0.4, 0.5) is 4.39 Å². The molecular weight excluding hydrogens is 259 g/mol. The van der Waals surface area contributed by atoms with Crippen molar-refractivity contribution in [2.45, 2.75) is 19.5 Å². The summed E-state index contributed by atoms with van der Waals surface area (Å²) in [5.74, 6) is 0.0578. The number of ether oxygens (including phenoxy) is 1. The first-order valence-corrected chi connectivity index (χ1v) is 6.31. The first-order valence-electron chi connectivity index (χ1n) is 6.31. The number of benzene rings is 1. The van der Waals surface area contributed by atoms with Crippen molar-refractivity contribution >= 4 is 0 Å². The Morgan fingerprint density at radius 3 is 2.85 bits per heavy atom. The van der Waals surface area contributed by atoms with Crippen LogP contribution in [0.1, 0.15) is 24.1 Å². The van der Waals surface area contributed by atoms with Crippen LogP contribution >= 0.6 is 0 Å². The van der Waals surface area contributed by atoms with Crippen LogP contribution < -0.4 is 10.1 Å². The molecule has 0 saturated carbocycles. The van der Waals surface area contributed by atoms with Crippen LogP contribution in [0, 0.1) is 5.82 Å². The van der Waals surface area contributed by atoms with Gasteiger partial charge in [0, 0.05) is 36.5 Å². The molecule has 2 N–H and O–H groups in total. The number of hydrogen-bond acceptors (Lipinski definition) is 4. The van der Waals surface area contributed by atoms with Gasteiger partial charge in [0.2, 0.25) is 5.88 Å². The molecule has 1 heterocycles. The molecular formula is C15H17FN2O2. The van der Waals surface area contributed by atoms with E-state index in [1.54, 1.807) is 19.4 Å². The maximum Gasteiger partial charge on any atom is 0.213 e. The Kier molecular flexibility index (Phi) is 4.53. The third-order valence-electron chi connectivity index (χ3n) is 3.07. The summed E-state index contributed by atoms with van der Waals surface area (Å²) < 4.78 is 18.8. The lowest BCUT2D eigenvalue weighted by Gasteiger charge is -2.15. The summed E-state index contributed by atoms with van der Waals surface area (Å²) in [4.78, 5) is 4.03. The van der Waals surface area contributed by atoms with Gasteiger partial charge in [-0.15, -0.1) is 0 Å². The second-order valence-electron chi connectivity index (χ2n) is 4.51. The molecule has 0 aliphatic carbocycles. The van der Waals surface area contributed by atoms with Crippen molar-refractivity contribution in [1.82, 2.24) is 10.3 Å². The fraction of sp³-hybridized carbons (Fsp3) is 0.267. The van der Waals surface area contributed by atoms with Gasteiger partial charge in [-0.2, -0.15) is 0 Å². The van der Waals surface area contributed by atoms with Crippen LogP contribution in [0.25, 0.3) is 0 Å². The van der Waals surface area contributed by atoms with E-state index in [2.05, 4.69) is 10.3 Å². The lowest BCUT2D eigenvalue weighted by molar-refractivity contribution is 0.396. The fourth-order valence-corrected chi connectivity index (χ4v) is 1.92. The number of phenols is 1. The molecule has 4 nitrogen and oxygen atoms in total. The molecule has 0 saturated heterocycles. The second kappa shape index (κ2) is 6.34. The summed E-state index contributed by atoms with van der Waals surface area (Å²) in [6.07, 6.45) is 1.67.